The van der Waals surface area contributed by atoms with Crippen LogP contribution in [0.25, 0.3) is 0 Å². The Bertz CT molecular complexity index is 225. The maximum absolute atomic E-state index is 9.29. The van der Waals surface area contributed by atoms with E-state index in [9.17, 15) is 5.11 Å². The number of rotatable bonds is 5. The molecule has 16 heavy (non-hydrogen) atoms. The van der Waals surface area contributed by atoms with Gasteiger partial charge in [-0.05, 0) is 31.3 Å². The second-order valence-corrected chi connectivity index (χ2v) is 4.30. The first kappa shape index (κ1) is 13.6. The third-order valence-corrected chi connectivity index (χ3v) is 2.99. The Morgan fingerprint density at radius 1 is 1.62 bits per heavy atom. The van der Waals surface area contributed by atoms with Crippen LogP contribution in [-0.4, -0.2) is 42.9 Å². The smallest absolute Gasteiger partial charge is 0.158 e. The molecule has 4 heteroatoms. The van der Waals surface area contributed by atoms with Gasteiger partial charge in [-0.25, -0.2) is 0 Å². The van der Waals surface area contributed by atoms with Crippen LogP contribution in [0.3, 0.4) is 0 Å². The van der Waals surface area contributed by atoms with Crippen LogP contribution in [-0.2, 0) is 9.47 Å². The summed E-state index contributed by atoms with van der Waals surface area (Å²) in [5.74, 6) is 0.348. The van der Waals surface area contributed by atoms with Crippen LogP contribution in [0.4, 0.5) is 0 Å². The van der Waals surface area contributed by atoms with Gasteiger partial charge in [0.1, 0.15) is 0 Å². The van der Waals surface area contributed by atoms with Crippen LogP contribution in [0.15, 0.2) is 11.6 Å². The molecule has 94 valence electrons. The summed E-state index contributed by atoms with van der Waals surface area (Å²) in [6.07, 6.45) is 3.85. The van der Waals surface area contributed by atoms with Crippen molar-refractivity contribution in [3.05, 3.63) is 11.6 Å². The largest absolute Gasteiger partial charge is 0.393 e. The van der Waals surface area contributed by atoms with Gasteiger partial charge in [-0.15, -0.1) is 0 Å². The molecule has 1 unspecified atom stereocenters. The lowest BCUT2D eigenvalue weighted by molar-refractivity contribution is -0.143. The second-order valence-electron chi connectivity index (χ2n) is 4.30. The van der Waals surface area contributed by atoms with Crippen molar-refractivity contribution >= 4 is 0 Å². The van der Waals surface area contributed by atoms with Crippen molar-refractivity contribution in [3.63, 3.8) is 0 Å². The quantitative estimate of drug-likeness (QED) is 0.694. The Hall–Kier alpha value is -0.420. The summed E-state index contributed by atoms with van der Waals surface area (Å²) in [7, 11) is 1.64. The molecule has 1 aliphatic heterocycles. The van der Waals surface area contributed by atoms with E-state index in [1.807, 2.05) is 0 Å². The summed E-state index contributed by atoms with van der Waals surface area (Å²) in [5.41, 5.74) is 1.12. The summed E-state index contributed by atoms with van der Waals surface area (Å²) in [6.45, 7) is 2.35. The summed E-state index contributed by atoms with van der Waals surface area (Å²) < 4.78 is 10.6. The Morgan fingerprint density at radius 3 is 2.94 bits per heavy atom. The number of ether oxygens (including phenoxy) is 2. The Labute approximate surface area is 96.9 Å². The molecule has 3 atom stereocenters. The van der Waals surface area contributed by atoms with Crippen molar-refractivity contribution in [2.45, 2.75) is 38.6 Å². The Balaban J connectivity index is 2.53. The number of hydrogen-bond donors (Lipinski definition) is 2. The van der Waals surface area contributed by atoms with Crippen LogP contribution >= 0.6 is 0 Å². The summed E-state index contributed by atoms with van der Waals surface area (Å²) in [4.78, 5) is 0. The maximum atomic E-state index is 9.29. The summed E-state index contributed by atoms with van der Waals surface area (Å²) in [6, 6.07) is 0. The molecule has 4 nitrogen and oxygen atoms in total. The monoisotopic (exact) mass is 230 g/mol. The first-order chi connectivity index (χ1) is 7.67. The molecule has 1 heterocycles. The second kappa shape index (κ2) is 7.01. The van der Waals surface area contributed by atoms with Gasteiger partial charge in [0, 0.05) is 13.5 Å². The third kappa shape index (κ3) is 4.22. The van der Waals surface area contributed by atoms with Crippen LogP contribution in [0.2, 0.25) is 0 Å². The van der Waals surface area contributed by atoms with E-state index in [4.69, 9.17) is 14.6 Å². The van der Waals surface area contributed by atoms with Crippen molar-refractivity contribution in [3.8, 4) is 0 Å². The fourth-order valence-corrected chi connectivity index (χ4v) is 2.01. The van der Waals surface area contributed by atoms with Gasteiger partial charge in [0.2, 0.25) is 0 Å². The molecule has 0 bridgehead atoms. The van der Waals surface area contributed by atoms with Crippen molar-refractivity contribution in [2.24, 2.45) is 5.92 Å². The SMILES string of the molecule is CO[C@H]1C[C@H](CCC(C)O)/C(=C\CO)CO1. The van der Waals surface area contributed by atoms with Crippen molar-refractivity contribution in [1.29, 1.82) is 0 Å². The van der Waals surface area contributed by atoms with Gasteiger partial charge in [0.05, 0.1) is 19.3 Å². The van der Waals surface area contributed by atoms with Gasteiger partial charge in [0.25, 0.3) is 0 Å². The predicted molar refractivity (Wildman–Crippen MR) is 60.9 cm³/mol. The zero-order valence-corrected chi connectivity index (χ0v) is 10.1. The molecule has 0 aromatic carbocycles. The highest BCUT2D eigenvalue weighted by Crippen LogP contribution is 2.29. The predicted octanol–water partition coefficient (Wildman–Crippen LogP) is 1.08. The fourth-order valence-electron chi connectivity index (χ4n) is 2.01. The molecule has 1 saturated heterocycles. The first-order valence-corrected chi connectivity index (χ1v) is 5.79. The average Bonchev–Trinajstić information content (AvgIpc) is 2.28. The lowest BCUT2D eigenvalue weighted by Gasteiger charge is -2.31. The van der Waals surface area contributed by atoms with E-state index < -0.39 is 0 Å². The lowest BCUT2D eigenvalue weighted by Crippen LogP contribution is -2.29. The highest BCUT2D eigenvalue weighted by atomic mass is 16.7. The number of aliphatic hydroxyl groups excluding tert-OH is 2. The minimum atomic E-state index is -0.279. The number of methoxy groups -OCH3 is 1. The van der Waals surface area contributed by atoms with E-state index in [1.165, 1.54) is 0 Å². The maximum Gasteiger partial charge on any atom is 0.158 e. The average molecular weight is 230 g/mol. The summed E-state index contributed by atoms with van der Waals surface area (Å²) in [5, 5.41) is 18.2. The molecule has 0 radical (unpaired) electrons. The minimum absolute atomic E-state index is 0.0432. The van der Waals surface area contributed by atoms with Crippen LogP contribution in [0.1, 0.15) is 26.2 Å². The van der Waals surface area contributed by atoms with E-state index in [0.717, 1.165) is 24.8 Å². The molecule has 1 rings (SSSR count). The molecule has 0 aliphatic carbocycles. The van der Waals surface area contributed by atoms with E-state index in [2.05, 4.69) is 0 Å². The molecule has 0 aromatic heterocycles. The van der Waals surface area contributed by atoms with E-state index in [-0.39, 0.29) is 19.0 Å². The minimum Gasteiger partial charge on any atom is -0.393 e. The molecule has 0 aromatic rings. The highest BCUT2D eigenvalue weighted by molar-refractivity contribution is 5.09. The van der Waals surface area contributed by atoms with Gasteiger partial charge in [0.15, 0.2) is 6.29 Å². The molecule has 0 saturated carbocycles. The molecular weight excluding hydrogens is 208 g/mol. The fraction of sp³-hybridized carbons (Fsp3) is 0.833. The molecule has 0 amide bonds. The first-order valence-electron chi connectivity index (χ1n) is 5.79. The van der Waals surface area contributed by atoms with Crippen molar-refractivity contribution in [1.82, 2.24) is 0 Å². The lowest BCUT2D eigenvalue weighted by atomic mass is 9.88. The molecule has 0 spiro atoms. The number of hydrogen-bond acceptors (Lipinski definition) is 4. The zero-order valence-electron chi connectivity index (χ0n) is 10.1. The van der Waals surface area contributed by atoms with E-state index in [0.29, 0.717) is 12.5 Å². The standard InChI is InChI=1S/C12H22O4/c1-9(14)3-4-10-7-12(15-2)16-8-11(10)5-6-13/h5,9-10,12-14H,3-4,6-8H2,1-2H3/b11-5-/t9?,10-,12+/m0/s1. The molecular formula is C12H22O4. The van der Waals surface area contributed by atoms with Gasteiger partial charge in [-0.3, -0.25) is 0 Å². The highest BCUT2D eigenvalue weighted by Gasteiger charge is 2.26. The topological polar surface area (TPSA) is 58.9 Å². The number of aliphatic hydroxyl groups is 2. The van der Waals surface area contributed by atoms with Crippen molar-refractivity contribution in [2.75, 3.05) is 20.3 Å². The summed E-state index contributed by atoms with van der Waals surface area (Å²) >= 11 is 0. The Morgan fingerprint density at radius 2 is 2.38 bits per heavy atom. The molecule has 2 N–H and O–H groups in total. The van der Waals surface area contributed by atoms with Gasteiger partial charge < -0.3 is 19.7 Å². The van der Waals surface area contributed by atoms with Gasteiger partial charge in [-0.1, -0.05) is 6.08 Å². The normalized spacial score (nSPS) is 30.6. The zero-order chi connectivity index (χ0) is 12.0. The van der Waals surface area contributed by atoms with Crippen molar-refractivity contribution < 1.29 is 19.7 Å². The van der Waals surface area contributed by atoms with Crippen LogP contribution in [0.5, 0.6) is 0 Å². The van der Waals surface area contributed by atoms with Crippen LogP contribution in [0, 0.1) is 5.92 Å². The van der Waals surface area contributed by atoms with E-state index >= 15 is 0 Å². The third-order valence-electron chi connectivity index (χ3n) is 2.99. The molecule has 1 aliphatic rings. The van der Waals surface area contributed by atoms with Crippen LogP contribution < -0.4 is 0 Å². The van der Waals surface area contributed by atoms with E-state index in [1.54, 1.807) is 20.1 Å². The van der Waals surface area contributed by atoms with Gasteiger partial charge in [-0.2, -0.15) is 0 Å². The Kier molecular flexibility index (Phi) is 5.98. The van der Waals surface area contributed by atoms with Gasteiger partial charge >= 0.3 is 0 Å². The molecule has 1 fully saturated rings.